The average molecular weight is 615 g/mol. The van der Waals surface area contributed by atoms with E-state index in [4.69, 9.17) is 23.7 Å². The van der Waals surface area contributed by atoms with Gasteiger partial charge >= 0.3 is 23.9 Å². The maximum absolute atomic E-state index is 14.8. The lowest BCUT2D eigenvalue weighted by atomic mass is 10.0. The maximum atomic E-state index is 14.8. The predicted octanol–water partition coefficient (Wildman–Crippen LogP) is 5.50. The zero-order valence-electron chi connectivity index (χ0n) is 24.3. The van der Waals surface area contributed by atoms with Crippen molar-refractivity contribution < 1.29 is 47.3 Å². The lowest BCUT2D eigenvalue weighted by molar-refractivity contribution is -0.139. The number of hydrogen-bond donors (Lipinski definition) is 0. The van der Waals surface area contributed by atoms with Crippen LogP contribution in [0.2, 0.25) is 0 Å². The Morgan fingerprint density at radius 2 is 0.844 bits per heavy atom. The zero-order chi connectivity index (χ0) is 32.0. The number of rotatable bonds is 14. The molecule has 9 nitrogen and oxygen atoms in total. The smallest absolute Gasteiger partial charge is 0.338 e. The number of hydrogen-bond acceptors (Lipinski definition) is 9. The molecule has 4 aromatic carbocycles. The molecular weight excluding hydrogens is 583 g/mol. The van der Waals surface area contributed by atoms with Gasteiger partial charge in [0.1, 0.15) is 19.4 Å². The van der Waals surface area contributed by atoms with Crippen LogP contribution in [0.5, 0.6) is 0 Å². The van der Waals surface area contributed by atoms with E-state index in [0.29, 0.717) is 0 Å². The van der Waals surface area contributed by atoms with E-state index in [1.165, 1.54) is 43.5 Å². The molecule has 4 rings (SSSR count). The molecule has 0 N–H and O–H groups in total. The Morgan fingerprint density at radius 3 is 1.20 bits per heavy atom. The highest BCUT2D eigenvalue weighted by Gasteiger charge is 2.44. The third-order valence-corrected chi connectivity index (χ3v) is 6.67. The number of benzene rings is 4. The van der Waals surface area contributed by atoms with E-state index in [2.05, 4.69) is 0 Å². The molecule has 10 heteroatoms. The summed E-state index contributed by atoms with van der Waals surface area (Å²) in [6.45, 7) is -1.83. The average Bonchev–Trinajstić information content (AvgIpc) is 3.10. The van der Waals surface area contributed by atoms with Crippen LogP contribution in [-0.4, -0.2) is 68.7 Å². The number of carbonyl (C=O) groups excluding carboxylic acids is 4. The summed E-state index contributed by atoms with van der Waals surface area (Å²) >= 11 is 0. The van der Waals surface area contributed by atoms with Crippen molar-refractivity contribution in [2.45, 2.75) is 24.4 Å². The molecule has 0 aliphatic rings. The molecule has 0 amide bonds. The lowest BCUT2D eigenvalue weighted by Gasteiger charge is -2.35. The van der Waals surface area contributed by atoms with Crippen LogP contribution in [0.1, 0.15) is 41.4 Å². The molecule has 45 heavy (non-hydrogen) atoms. The first-order valence-electron chi connectivity index (χ1n) is 14.0. The summed E-state index contributed by atoms with van der Waals surface area (Å²) < 4.78 is 42.9. The zero-order valence-corrected chi connectivity index (χ0v) is 24.3. The molecule has 4 aromatic rings. The number of alkyl halides is 1. The van der Waals surface area contributed by atoms with Gasteiger partial charge in [0.2, 0.25) is 0 Å². The molecule has 4 atom stereocenters. The van der Waals surface area contributed by atoms with Gasteiger partial charge in [-0.05, 0) is 48.5 Å². The maximum Gasteiger partial charge on any atom is 0.338 e. The Balaban J connectivity index is 1.71. The minimum Gasteiger partial charge on any atom is -0.459 e. The molecular formula is C35H31FO9. The fourth-order valence-corrected chi connectivity index (χ4v) is 4.32. The van der Waals surface area contributed by atoms with E-state index in [0.717, 1.165) is 0 Å². The molecule has 0 aromatic heterocycles. The van der Waals surface area contributed by atoms with Gasteiger partial charge in [0.05, 0.1) is 22.3 Å². The van der Waals surface area contributed by atoms with Crippen molar-refractivity contribution in [1.29, 1.82) is 0 Å². The van der Waals surface area contributed by atoms with Gasteiger partial charge in [0.15, 0.2) is 18.3 Å². The van der Waals surface area contributed by atoms with E-state index < -0.39 is 61.6 Å². The third kappa shape index (κ3) is 9.07. The van der Waals surface area contributed by atoms with Gasteiger partial charge in [0, 0.05) is 7.11 Å². The second-order valence-electron chi connectivity index (χ2n) is 9.67. The molecule has 0 radical (unpaired) electrons. The molecule has 0 spiro atoms. The van der Waals surface area contributed by atoms with Crippen LogP contribution < -0.4 is 0 Å². The van der Waals surface area contributed by atoms with Gasteiger partial charge in [-0.3, -0.25) is 0 Å². The van der Waals surface area contributed by atoms with Crippen LogP contribution in [0.4, 0.5) is 4.39 Å². The first kappa shape index (κ1) is 32.6. The Labute approximate surface area is 259 Å². The molecule has 0 saturated heterocycles. The van der Waals surface area contributed by atoms with E-state index in [1.807, 2.05) is 0 Å². The number of carbonyl (C=O) groups is 4. The number of halogens is 1. The molecule has 0 aliphatic carbocycles. The highest BCUT2D eigenvalue weighted by Crippen LogP contribution is 2.23. The topological polar surface area (TPSA) is 114 Å². The first-order chi connectivity index (χ1) is 21.9. The van der Waals surface area contributed by atoms with Crippen LogP contribution in [0, 0.1) is 0 Å². The molecule has 0 aliphatic heterocycles. The summed E-state index contributed by atoms with van der Waals surface area (Å²) in [6.07, 6.45) is -6.43. The fraction of sp³-hybridized carbons (Fsp3) is 0.200. The standard InChI is InChI=1S/C35H31FO9/c1-41-29(23-42-32(37)24-14-6-2-7-15-24)31(45-35(40)27-20-12-5-13-21-27)30(44-34(39)26-18-10-4-11-19-26)28(22-36)43-33(38)25-16-8-3-9-17-25/h2-21,28-31H,22-23H2,1H3/t28?,29?,30?,31-/m1/s1. The van der Waals surface area contributed by atoms with Crippen LogP contribution in [-0.2, 0) is 23.7 Å². The van der Waals surface area contributed by atoms with Gasteiger partial charge in [0.25, 0.3) is 0 Å². The Hall–Kier alpha value is -5.35. The van der Waals surface area contributed by atoms with Crippen LogP contribution in [0.3, 0.4) is 0 Å². The molecule has 0 fully saturated rings. The number of esters is 4. The minimum atomic E-state index is -1.76. The van der Waals surface area contributed by atoms with E-state index >= 15 is 0 Å². The van der Waals surface area contributed by atoms with Crippen molar-refractivity contribution >= 4 is 23.9 Å². The second kappa shape index (κ2) is 16.5. The molecule has 232 valence electrons. The van der Waals surface area contributed by atoms with E-state index in [9.17, 15) is 23.6 Å². The lowest BCUT2D eigenvalue weighted by Crippen LogP contribution is -2.53. The van der Waals surface area contributed by atoms with Gasteiger partial charge in [-0.1, -0.05) is 72.8 Å². The van der Waals surface area contributed by atoms with Crippen molar-refractivity contribution in [3.63, 3.8) is 0 Å². The summed E-state index contributed by atoms with van der Waals surface area (Å²) in [5.74, 6) is -3.39. The summed E-state index contributed by atoms with van der Waals surface area (Å²) in [5.41, 5.74) is 0.592. The highest BCUT2D eigenvalue weighted by molar-refractivity contribution is 5.91. The largest absolute Gasteiger partial charge is 0.459 e. The van der Waals surface area contributed by atoms with Crippen molar-refractivity contribution in [2.24, 2.45) is 0 Å². The first-order valence-corrected chi connectivity index (χ1v) is 14.0. The Bertz CT molecular complexity index is 1530. The van der Waals surface area contributed by atoms with E-state index in [-0.39, 0.29) is 22.3 Å². The van der Waals surface area contributed by atoms with Gasteiger partial charge in [-0.2, -0.15) is 0 Å². The normalized spacial score (nSPS) is 13.4. The molecule has 3 unspecified atom stereocenters. The van der Waals surface area contributed by atoms with Gasteiger partial charge in [-0.15, -0.1) is 0 Å². The predicted molar refractivity (Wildman–Crippen MR) is 160 cm³/mol. The van der Waals surface area contributed by atoms with Gasteiger partial charge in [-0.25, -0.2) is 23.6 Å². The van der Waals surface area contributed by atoms with Crippen molar-refractivity contribution in [1.82, 2.24) is 0 Å². The highest BCUT2D eigenvalue weighted by atomic mass is 19.1. The van der Waals surface area contributed by atoms with Crippen LogP contribution in [0.25, 0.3) is 0 Å². The number of methoxy groups -OCH3 is 1. The summed E-state index contributed by atoms with van der Waals surface area (Å²) in [6, 6.07) is 31.7. The monoisotopic (exact) mass is 614 g/mol. The van der Waals surface area contributed by atoms with Crippen molar-refractivity contribution in [3.05, 3.63) is 144 Å². The van der Waals surface area contributed by atoms with Crippen molar-refractivity contribution in [3.8, 4) is 0 Å². The summed E-state index contributed by atoms with van der Waals surface area (Å²) in [4.78, 5) is 52.4. The summed E-state index contributed by atoms with van der Waals surface area (Å²) in [5, 5.41) is 0. The Kier molecular flexibility index (Phi) is 11.9. The Morgan fingerprint density at radius 1 is 0.511 bits per heavy atom. The fourth-order valence-electron chi connectivity index (χ4n) is 4.32. The quantitative estimate of drug-likeness (QED) is 0.134. The SMILES string of the molecule is COC(COC(=O)c1ccccc1)[C@@H](OC(=O)c1ccccc1)C(OC(=O)c1ccccc1)C(CF)OC(=O)c1ccccc1. The molecule has 0 saturated carbocycles. The van der Waals surface area contributed by atoms with Crippen LogP contribution >= 0.6 is 0 Å². The van der Waals surface area contributed by atoms with E-state index in [1.54, 1.807) is 84.9 Å². The molecule has 0 heterocycles. The second-order valence-corrected chi connectivity index (χ2v) is 9.67. The number of ether oxygens (including phenoxy) is 5. The summed E-state index contributed by atoms with van der Waals surface area (Å²) in [7, 11) is 1.25. The minimum absolute atomic E-state index is 0.104. The van der Waals surface area contributed by atoms with Crippen molar-refractivity contribution in [2.75, 3.05) is 20.4 Å². The molecule has 0 bridgehead atoms. The third-order valence-electron chi connectivity index (χ3n) is 6.67. The van der Waals surface area contributed by atoms with Crippen LogP contribution in [0.15, 0.2) is 121 Å². The van der Waals surface area contributed by atoms with Gasteiger partial charge < -0.3 is 23.7 Å².